The molecule has 2 rings (SSSR count). The Labute approximate surface area is 131 Å². The largest absolute Gasteiger partial charge is 0.457 e. The van der Waals surface area contributed by atoms with Gasteiger partial charge in [-0.15, -0.1) is 0 Å². The van der Waals surface area contributed by atoms with E-state index in [1.807, 2.05) is 0 Å². The molecule has 0 atom stereocenters. The van der Waals surface area contributed by atoms with Crippen LogP contribution in [0.1, 0.15) is 29.3 Å². The van der Waals surface area contributed by atoms with Crippen molar-refractivity contribution in [2.45, 2.75) is 13.3 Å². The zero-order valence-electron chi connectivity index (χ0n) is 11.3. The molecule has 0 saturated carbocycles. The fourth-order valence-electron chi connectivity index (χ4n) is 1.80. The van der Waals surface area contributed by atoms with Crippen molar-refractivity contribution in [3.05, 3.63) is 52.4 Å². The summed E-state index contributed by atoms with van der Waals surface area (Å²) < 4.78 is 31.2. The van der Waals surface area contributed by atoms with Crippen LogP contribution >= 0.6 is 15.9 Å². The first kappa shape index (κ1) is 15.8. The van der Waals surface area contributed by atoms with Gasteiger partial charge in [-0.1, -0.05) is 6.92 Å². The Bertz CT molecular complexity index is 735. The molecule has 0 amide bonds. The molecule has 5 nitrogen and oxygen atoms in total. The molecule has 0 aliphatic rings. The van der Waals surface area contributed by atoms with Gasteiger partial charge in [0.2, 0.25) is 10.0 Å². The second-order valence-electron chi connectivity index (χ2n) is 4.44. The summed E-state index contributed by atoms with van der Waals surface area (Å²) in [5, 5.41) is 0. The second kappa shape index (κ2) is 6.44. The van der Waals surface area contributed by atoms with Crippen LogP contribution in [0.25, 0.3) is 0 Å². The molecule has 0 aliphatic heterocycles. The molecule has 2 aromatic rings. The molecule has 1 heterocycles. The Hall–Kier alpha value is -1.60. The summed E-state index contributed by atoms with van der Waals surface area (Å²) in [5.74, 6) is -0.131. The first-order chi connectivity index (χ1) is 9.93. The normalized spacial score (nSPS) is 11.3. The summed E-state index contributed by atoms with van der Waals surface area (Å²) in [4.78, 5) is 12.2. The van der Waals surface area contributed by atoms with E-state index in [4.69, 9.17) is 4.42 Å². The van der Waals surface area contributed by atoms with Gasteiger partial charge < -0.3 is 4.42 Å². The number of ketones is 1. The van der Waals surface area contributed by atoms with Crippen LogP contribution in [0.4, 0.5) is 5.69 Å². The Morgan fingerprint density at radius 2 is 1.90 bits per heavy atom. The molecule has 0 fully saturated rings. The lowest BCUT2D eigenvalue weighted by Gasteiger charge is -2.07. The zero-order chi connectivity index (χ0) is 15.5. The van der Waals surface area contributed by atoms with Gasteiger partial charge in [0.1, 0.15) is 0 Å². The molecule has 1 aromatic carbocycles. The Morgan fingerprint density at radius 1 is 1.24 bits per heavy atom. The van der Waals surface area contributed by atoms with E-state index in [1.165, 1.54) is 6.26 Å². The predicted molar refractivity (Wildman–Crippen MR) is 84.0 cm³/mol. The van der Waals surface area contributed by atoms with Gasteiger partial charge in [0.25, 0.3) is 0 Å². The van der Waals surface area contributed by atoms with Crippen molar-refractivity contribution in [1.82, 2.24) is 0 Å². The van der Waals surface area contributed by atoms with Crippen molar-refractivity contribution < 1.29 is 17.6 Å². The van der Waals surface area contributed by atoms with Gasteiger partial charge in [-0.2, -0.15) is 0 Å². The standard InChI is InChI=1S/C14H14BrNO4S/c1-2-9-21(18,19)16-11-5-3-10(4-6-11)13(17)12-7-8-20-14(12)15/h3-8,16H,2,9H2,1H3. The fraction of sp³-hybridized carbons (Fsp3) is 0.214. The number of carbonyl (C=O) groups is 1. The third-order valence-corrected chi connectivity index (χ3v) is 4.86. The summed E-state index contributed by atoms with van der Waals surface area (Å²) >= 11 is 3.16. The molecular weight excluding hydrogens is 358 g/mol. The lowest BCUT2D eigenvalue weighted by Crippen LogP contribution is -2.16. The van der Waals surface area contributed by atoms with Crippen LogP contribution in [0.15, 0.2) is 45.7 Å². The summed E-state index contributed by atoms with van der Waals surface area (Å²) in [7, 11) is -3.33. The molecule has 0 radical (unpaired) electrons. The van der Waals surface area contributed by atoms with Gasteiger partial charge in [0.05, 0.1) is 17.6 Å². The van der Waals surface area contributed by atoms with Crippen LogP contribution in [0.3, 0.4) is 0 Å². The first-order valence-electron chi connectivity index (χ1n) is 6.31. The van der Waals surface area contributed by atoms with Gasteiger partial charge in [0, 0.05) is 11.3 Å². The van der Waals surface area contributed by atoms with E-state index < -0.39 is 10.0 Å². The maximum atomic E-state index is 12.2. The van der Waals surface area contributed by atoms with Crippen molar-refractivity contribution in [3.8, 4) is 0 Å². The summed E-state index contributed by atoms with van der Waals surface area (Å²) in [6.45, 7) is 1.80. The quantitative estimate of drug-likeness (QED) is 0.789. The number of carbonyl (C=O) groups excluding carboxylic acids is 1. The number of sulfonamides is 1. The van der Waals surface area contributed by atoms with Crippen LogP contribution < -0.4 is 4.72 Å². The highest BCUT2D eigenvalue weighted by atomic mass is 79.9. The van der Waals surface area contributed by atoms with Gasteiger partial charge in [0.15, 0.2) is 10.5 Å². The maximum Gasteiger partial charge on any atom is 0.232 e. The lowest BCUT2D eigenvalue weighted by atomic mass is 10.1. The summed E-state index contributed by atoms with van der Waals surface area (Å²) in [6, 6.07) is 7.85. The topological polar surface area (TPSA) is 76.4 Å². The average molecular weight is 372 g/mol. The molecule has 112 valence electrons. The second-order valence-corrected chi connectivity index (χ2v) is 7.00. The Morgan fingerprint density at radius 3 is 2.43 bits per heavy atom. The third-order valence-electron chi connectivity index (χ3n) is 2.76. The zero-order valence-corrected chi connectivity index (χ0v) is 13.7. The van der Waals surface area contributed by atoms with Crippen LogP contribution in [-0.2, 0) is 10.0 Å². The number of benzene rings is 1. The minimum atomic E-state index is -3.33. The number of anilines is 1. The number of nitrogens with one attached hydrogen (secondary N) is 1. The molecule has 0 saturated heterocycles. The average Bonchev–Trinajstić information content (AvgIpc) is 2.84. The molecule has 7 heteroatoms. The number of furan rings is 1. The number of rotatable bonds is 6. The molecule has 1 aromatic heterocycles. The molecule has 21 heavy (non-hydrogen) atoms. The first-order valence-corrected chi connectivity index (χ1v) is 8.75. The van der Waals surface area contributed by atoms with E-state index in [1.54, 1.807) is 37.3 Å². The van der Waals surface area contributed by atoms with E-state index >= 15 is 0 Å². The van der Waals surface area contributed by atoms with Crippen molar-refractivity contribution in [3.63, 3.8) is 0 Å². The molecule has 0 spiro atoms. The van der Waals surface area contributed by atoms with E-state index in [9.17, 15) is 13.2 Å². The molecule has 0 unspecified atom stereocenters. The molecular formula is C14H14BrNO4S. The van der Waals surface area contributed by atoms with E-state index in [0.29, 0.717) is 27.9 Å². The number of hydrogen-bond donors (Lipinski definition) is 1. The Balaban J connectivity index is 2.16. The monoisotopic (exact) mass is 371 g/mol. The number of halogens is 1. The lowest BCUT2D eigenvalue weighted by molar-refractivity contribution is 0.103. The summed E-state index contributed by atoms with van der Waals surface area (Å²) in [6.07, 6.45) is 1.96. The van der Waals surface area contributed by atoms with Crippen molar-refractivity contribution in [1.29, 1.82) is 0 Å². The van der Waals surface area contributed by atoms with Crippen LogP contribution in [0, 0.1) is 0 Å². The highest BCUT2D eigenvalue weighted by molar-refractivity contribution is 9.10. The minimum absolute atomic E-state index is 0.0651. The van der Waals surface area contributed by atoms with Gasteiger partial charge in [-0.3, -0.25) is 9.52 Å². The molecule has 0 bridgehead atoms. The minimum Gasteiger partial charge on any atom is -0.457 e. The highest BCUT2D eigenvalue weighted by Crippen LogP contribution is 2.22. The number of hydrogen-bond acceptors (Lipinski definition) is 4. The van der Waals surface area contributed by atoms with Crippen molar-refractivity contribution >= 4 is 37.4 Å². The van der Waals surface area contributed by atoms with Crippen molar-refractivity contribution in [2.24, 2.45) is 0 Å². The van der Waals surface area contributed by atoms with E-state index in [-0.39, 0.29) is 11.5 Å². The van der Waals surface area contributed by atoms with Crippen molar-refractivity contribution in [2.75, 3.05) is 10.5 Å². The predicted octanol–water partition coefficient (Wildman–Crippen LogP) is 3.42. The SMILES string of the molecule is CCCS(=O)(=O)Nc1ccc(C(=O)c2ccoc2Br)cc1. The van der Waals surface area contributed by atoms with Gasteiger partial charge >= 0.3 is 0 Å². The molecule has 0 aliphatic carbocycles. The third kappa shape index (κ3) is 3.95. The highest BCUT2D eigenvalue weighted by Gasteiger charge is 2.15. The maximum absolute atomic E-state index is 12.2. The van der Waals surface area contributed by atoms with E-state index in [0.717, 1.165) is 0 Å². The van der Waals surface area contributed by atoms with Gasteiger partial charge in [-0.25, -0.2) is 8.42 Å². The van der Waals surface area contributed by atoms with E-state index in [2.05, 4.69) is 20.7 Å². The van der Waals surface area contributed by atoms with Crippen LogP contribution in [0.5, 0.6) is 0 Å². The van der Waals surface area contributed by atoms with Crippen LogP contribution in [0.2, 0.25) is 0 Å². The summed E-state index contributed by atoms with van der Waals surface area (Å²) in [5.41, 5.74) is 1.32. The Kier molecular flexibility index (Phi) is 4.84. The van der Waals surface area contributed by atoms with Gasteiger partial charge in [-0.05, 0) is 52.7 Å². The smallest absolute Gasteiger partial charge is 0.232 e. The van der Waals surface area contributed by atoms with Crippen LogP contribution in [-0.4, -0.2) is 20.0 Å². The molecule has 1 N–H and O–H groups in total. The fourth-order valence-corrected chi connectivity index (χ4v) is 3.36.